The highest BCUT2D eigenvalue weighted by atomic mass is 32.2. The molecule has 104 valence electrons. The van der Waals surface area contributed by atoms with Gasteiger partial charge in [0, 0.05) is 5.69 Å². The number of nitrogens with two attached hydrogens (primary N) is 1. The van der Waals surface area contributed by atoms with Crippen LogP contribution < -0.4 is 11.1 Å². The number of anilines is 2. The molecule has 1 aliphatic heterocycles. The van der Waals surface area contributed by atoms with Crippen LogP contribution >= 0.6 is 23.1 Å². The predicted molar refractivity (Wildman–Crippen MR) is 82.2 cm³/mol. The van der Waals surface area contributed by atoms with Crippen molar-refractivity contribution in [3.8, 4) is 0 Å². The summed E-state index contributed by atoms with van der Waals surface area (Å²) in [5.74, 6) is 0.590. The van der Waals surface area contributed by atoms with E-state index in [4.69, 9.17) is 5.73 Å². The molecule has 0 saturated carbocycles. The second-order valence-electron chi connectivity index (χ2n) is 4.55. The summed E-state index contributed by atoms with van der Waals surface area (Å²) in [7, 11) is 0. The predicted octanol–water partition coefficient (Wildman–Crippen LogP) is 2.21. The van der Waals surface area contributed by atoms with Crippen molar-refractivity contribution >= 4 is 39.7 Å². The van der Waals surface area contributed by atoms with Crippen LogP contribution in [0.1, 0.15) is 12.0 Å². The number of nitrogens with one attached hydrogen (secondary N) is 1. The number of ketones is 1. The maximum Gasteiger partial charge on any atom is 0.203 e. The summed E-state index contributed by atoms with van der Waals surface area (Å²) in [6.45, 7) is 0. The lowest BCUT2D eigenvalue weighted by Crippen LogP contribution is -2.34. The third-order valence-electron chi connectivity index (χ3n) is 3.20. The molecule has 1 aliphatic rings. The lowest BCUT2D eigenvalue weighted by atomic mass is 9.96. The monoisotopic (exact) mass is 306 g/mol. The molecular weight excluding hydrogens is 292 g/mol. The van der Waals surface area contributed by atoms with E-state index in [-0.39, 0.29) is 11.8 Å². The number of hydrogen-bond donors (Lipinski definition) is 2. The zero-order chi connectivity index (χ0) is 13.9. The zero-order valence-electron chi connectivity index (χ0n) is 10.7. The Morgan fingerprint density at radius 3 is 3.10 bits per heavy atom. The highest BCUT2D eigenvalue weighted by Crippen LogP contribution is 2.27. The van der Waals surface area contributed by atoms with Crippen LogP contribution in [0.3, 0.4) is 0 Å². The number of nitrogens with zero attached hydrogens (tertiary/aromatic N) is 2. The van der Waals surface area contributed by atoms with Gasteiger partial charge in [-0.1, -0.05) is 41.3 Å². The standard InChI is InChI=1S/C13H14N4OS2/c14-12-16-17-13(20-12)19-7-11(18)10-6-5-8-3-1-2-4-9(8)15-10/h1-4,10,15H,5-7H2,(H2,14,16). The number of rotatable bonds is 4. The summed E-state index contributed by atoms with van der Waals surface area (Å²) in [5, 5.41) is 11.4. The minimum atomic E-state index is -0.109. The molecule has 3 rings (SSSR count). The molecule has 0 fully saturated rings. The van der Waals surface area contributed by atoms with Crippen molar-refractivity contribution in [1.29, 1.82) is 0 Å². The number of carbonyl (C=O) groups excluding carboxylic acids is 1. The van der Waals surface area contributed by atoms with Gasteiger partial charge in [-0.2, -0.15) is 0 Å². The van der Waals surface area contributed by atoms with Gasteiger partial charge < -0.3 is 11.1 Å². The lowest BCUT2D eigenvalue weighted by Gasteiger charge is -2.25. The molecular formula is C13H14N4OS2. The quantitative estimate of drug-likeness (QED) is 0.843. The summed E-state index contributed by atoms with van der Waals surface area (Å²) in [6.07, 6.45) is 1.78. The molecule has 20 heavy (non-hydrogen) atoms. The van der Waals surface area contributed by atoms with Crippen LogP contribution in [0, 0.1) is 0 Å². The molecule has 0 spiro atoms. The Hall–Kier alpha value is -1.60. The Balaban J connectivity index is 1.59. The van der Waals surface area contributed by atoms with E-state index >= 15 is 0 Å². The molecule has 0 amide bonds. The van der Waals surface area contributed by atoms with Crippen molar-refractivity contribution in [3.63, 3.8) is 0 Å². The summed E-state index contributed by atoms with van der Waals surface area (Å²) < 4.78 is 0.743. The van der Waals surface area contributed by atoms with Crippen LogP contribution in [0.5, 0.6) is 0 Å². The molecule has 1 atom stereocenters. The van der Waals surface area contributed by atoms with Crippen molar-refractivity contribution in [3.05, 3.63) is 29.8 Å². The number of thioether (sulfide) groups is 1. The van der Waals surface area contributed by atoms with E-state index in [0.717, 1.165) is 22.9 Å². The van der Waals surface area contributed by atoms with Gasteiger partial charge >= 0.3 is 0 Å². The van der Waals surface area contributed by atoms with E-state index in [2.05, 4.69) is 21.6 Å². The van der Waals surface area contributed by atoms with Crippen molar-refractivity contribution in [2.24, 2.45) is 0 Å². The second-order valence-corrected chi connectivity index (χ2v) is 6.79. The summed E-state index contributed by atoms with van der Waals surface area (Å²) in [5.41, 5.74) is 7.87. The number of hydrogen-bond acceptors (Lipinski definition) is 7. The number of aromatic nitrogens is 2. The average molecular weight is 306 g/mol. The molecule has 7 heteroatoms. The Morgan fingerprint density at radius 2 is 2.30 bits per heavy atom. The second kappa shape index (κ2) is 5.80. The SMILES string of the molecule is Nc1nnc(SCC(=O)C2CCc3ccccc3N2)s1. The van der Waals surface area contributed by atoms with Gasteiger partial charge in [0.25, 0.3) is 0 Å². The lowest BCUT2D eigenvalue weighted by molar-refractivity contribution is -0.117. The van der Waals surface area contributed by atoms with Crippen LogP contribution in [0.4, 0.5) is 10.8 Å². The van der Waals surface area contributed by atoms with Gasteiger partial charge in [-0.05, 0) is 24.5 Å². The molecule has 2 aromatic rings. The van der Waals surface area contributed by atoms with E-state index < -0.39 is 0 Å². The number of benzene rings is 1. The van der Waals surface area contributed by atoms with Crippen molar-refractivity contribution in [2.45, 2.75) is 23.2 Å². The Kier molecular flexibility index (Phi) is 3.88. The molecule has 0 aliphatic carbocycles. The van der Waals surface area contributed by atoms with Gasteiger partial charge in [0.05, 0.1) is 11.8 Å². The Bertz CT molecular complexity index is 628. The third-order valence-corrected chi connectivity index (χ3v) is 5.11. The molecule has 0 bridgehead atoms. The molecule has 3 N–H and O–H groups in total. The van der Waals surface area contributed by atoms with Gasteiger partial charge in [0.15, 0.2) is 10.1 Å². The third kappa shape index (κ3) is 2.94. The minimum Gasteiger partial charge on any atom is -0.375 e. The first kappa shape index (κ1) is 13.4. The van der Waals surface area contributed by atoms with Crippen molar-refractivity contribution < 1.29 is 4.79 Å². The van der Waals surface area contributed by atoms with E-state index in [0.29, 0.717) is 10.9 Å². The van der Waals surface area contributed by atoms with Gasteiger partial charge in [-0.15, -0.1) is 10.2 Å². The van der Waals surface area contributed by atoms with E-state index in [1.807, 2.05) is 18.2 Å². The molecule has 1 aromatic carbocycles. The number of nitrogen functional groups attached to an aromatic ring is 1. The number of Topliss-reactive ketones (excluding diaryl/α,β-unsaturated/α-hetero) is 1. The number of para-hydroxylation sites is 1. The fraction of sp³-hybridized carbons (Fsp3) is 0.308. The van der Waals surface area contributed by atoms with Crippen LogP contribution in [-0.4, -0.2) is 27.8 Å². The van der Waals surface area contributed by atoms with Crippen molar-refractivity contribution in [2.75, 3.05) is 16.8 Å². The van der Waals surface area contributed by atoms with Crippen molar-refractivity contribution in [1.82, 2.24) is 10.2 Å². The van der Waals surface area contributed by atoms with Crippen LogP contribution in [0.15, 0.2) is 28.6 Å². The maximum absolute atomic E-state index is 12.2. The topological polar surface area (TPSA) is 80.9 Å². The molecule has 5 nitrogen and oxygen atoms in total. The summed E-state index contributed by atoms with van der Waals surface area (Å²) in [6, 6.07) is 8.02. The number of aryl methyl sites for hydroxylation is 1. The van der Waals surface area contributed by atoms with Crippen LogP contribution in [-0.2, 0) is 11.2 Å². The fourth-order valence-corrected chi connectivity index (χ4v) is 3.77. The first-order valence-electron chi connectivity index (χ1n) is 6.31. The van der Waals surface area contributed by atoms with Gasteiger partial charge in [-0.3, -0.25) is 4.79 Å². The van der Waals surface area contributed by atoms with Gasteiger partial charge in [0.2, 0.25) is 5.13 Å². The zero-order valence-corrected chi connectivity index (χ0v) is 12.3. The largest absolute Gasteiger partial charge is 0.375 e. The van der Waals surface area contributed by atoms with Crippen LogP contribution in [0.25, 0.3) is 0 Å². The smallest absolute Gasteiger partial charge is 0.203 e. The molecule has 0 saturated heterocycles. The molecule has 0 radical (unpaired) electrons. The van der Waals surface area contributed by atoms with E-state index in [9.17, 15) is 4.79 Å². The first-order chi connectivity index (χ1) is 9.72. The Labute approximate surface area is 125 Å². The Morgan fingerprint density at radius 1 is 1.45 bits per heavy atom. The summed E-state index contributed by atoms with van der Waals surface area (Å²) in [4.78, 5) is 12.2. The fourth-order valence-electron chi connectivity index (χ4n) is 2.19. The molecule has 1 unspecified atom stereocenters. The minimum absolute atomic E-state index is 0.109. The number of carbonyl (C=O) groups is 1. The maximum atomic E-state index is 12.2. The van der Waals surface area contributed by atoms with Gasteiger partial charge in [-0.25, -0.2) is 0 Å². The summed E-state index contributed by atoms with van der Waals surface area (Å²) >= 11 is 2.71. The highest BCUT2D eigenvalue weighted by Gasteiger charge is 2.23. The van der Waals surface area contributed by atoms with E-state index in [1.165, 1.54) is 28.7 Å². The normalized spacial score (nSPS) is 17.3. The first-order valence-corrected chi connectivity index (χ1v) is 8.11. The highest BCUT2D eigenvalue weighted by molar-refractivity contribution is 8.01. The number of fused-ring (bicyclic) bond motifs is 1. The molecule has 1 aromatic heterocycles. The average Bonchev–Trinajstić information content (AvgIpc) is 2.90. The van der Waals surface area contributed by atoms with Crippen LogP contribution in [0.2, 0.25) is 0 Å². The molecule has 2 heterocycles. The van der Waals surface area contributed by atoms with E-state index in [1.54, 1.807) is 0 Å². The van der Waals surface area contributed by atoms with Gasteiger partial charge in [0.1, 0.15) is 0 Å².